The standard InChI is InChI=1S/C22H12BrClOS/c23-21-14-6-2-1-5-13(14)19(12-9-10-17(25)16(24)11-12)20-15-7-3-4-8-18(15)26-22(20)21/h1-11,25H. The van der Waals surface area contributed by atoms with Crippen molar-refractivity contribution in [2.24, 2.45) is 0 Å². The first kappa shape index (κ1) is 16.1. The number of hydrogen-bond acceptors (Lipinski definition) is 2. The van der Waals surface area contributed by atoms with E-state index in [1.54, 1.807) is 17.4 Å². The van der Waals surface area contributed by atoms with Crippen molar-refractivity contribution in [2.75, 3.05) is 0 Å². The van der Waals surface area contributed by atoms with E-state index in [9.17, 15) is 5.11 Å². The second kappa shape index (κ2) is 5.98. The second-order valence-electron chi connectivity index (χ2n) is 6.20. The van der Waals surface area contributed by atoms with Gasteiger partial charge in [0, 0.05) is 19.9 Å². The van der Waals surface area contributed by atoms with Gasteiger partial charge in [-0.1, -0.05) is 60.1 Å². The van der Waals surface area contributed by atoms with Crippen LogP contribution in [0.1, 0.15) is 0 Å². The highest BCUT2D eigenvalue weighted by atomic mass is 79.9. The maximum absolute atomic E-state index is 9.86. The minimum Gasteiger partial charge on any atom is -0.506 e. The SMILES string of the molecule is Oc1ccc(-c2c3ccccc3c(Br)c3sc4ccccc4c23)cc1Cl. The van der Waals surface area contributed by atoms with Crippen LogP contribution < -0.4 is 0 Å². The lowest BCUT2D eigenvalue weighted by molar-refractivity contribution is 0.475. The molecule has 0 bridgehead atoms. The van der Waals surface area contributed by atoms with Gasteiger partial charge in [0.25, 0.3) is 0 Å². The van der Waals surface area contributed by atoms with E-state index in [1.807, 2.05) is 12.1 Å². The molecule has 0 amide bonds. The molecule has 0 unspecified atom stereocenters. The first-order chi connectivity index (χ1) is 12.6. The number of phenols is 1. The lowest BCUT2D eigenvalue weighted by Gasteiger charge is -2.13. The average molecular weight is 440 g/mol. The van der Waals surface area contributed by atoms with Crippen molar-refractivity contribution in [3.05, 3.63) is 76.2 Å². The molecular formula is C22H12BrClOS. The van der Waals surface area contributed by atoms with Crippen LogP contribution in [-0.2, 0) is 0 Å². The van der Waals surface area contributed by atoms with Gasteiger partial charge in [0.05, 0.1) is 9.72 Å². The summed E-state index contributed by atoms with van der Waals surface area (Å²) in [6.07, 6.45) is 0. The van der Waals surface area contributed by atoms with Crippen LogP contribution in [0.25, 0.3) is 42.1 Å². The lowest BCUT2D eigenvalue weighted by Crippen LogP contribution is -1.86. The maximum atomic E-state index is 9.86. The Morgan fingerprint density at radius 3 is 2.31 bits per heavy atom. The second-order valence-corrected chi connectivity index (χ2v) is 8.46. The molecule has 0 aliphatic carbocycles. The largest absolute Gasteiger partial charge is 0.506 e. The molecule has 0 aliphatic heterocycles. The molecule has 1 N–H and O–H groups in total. The van der Waals surface area contributed by atoms with Gasteiger partial charge in [0.1, 0.15) is 5.75 Å². The van der Waals surface area contributed by atoms with Crippen molar-refractivity contribution in [3.63, 3.8) is 0 Å². The summed E-state index contributed by atoms with van der Waals surface area (Å²) in [5, 5.41) is 15.0. The van der Waals surface area contributed by atoms with E-state index < -0.39 is 0 Å². The molecular weight excluding hydrogens is 428 g/mol. The predicted octanol–water partition coefficient (Wildman–Crippen LogP) is 8.00. The van der Waals surface area contributed by atoms with Crippen LogP contribution in [0.4, 0.5) is 0 Å². The topological polar surface area (TPSA) is 20.2 Å². The molecule has 0 atom stereocenters. The van der Waals surface area contributed by atoms with Crippen molar-refractivity contribution >= 4 is 69.8 Å². The zero-order valence-corrected chi connectivity index (χ0v) is 16.6. The van der Waals surface area contributed by atoms with E-state index in [2.05, 4.69) is 64.5 Å². The van der Waals surface area contributed by atoms with Crippen molar-refractivity contribution in [1.29, 1.82) is 0 Å². The zero-order chi connectivity index (χ0) is 17.8. The summed E-state index contributed by atoms with van der Waals surface area (Å²) in [4.78, 5) is 0. The molecule has 0 aliphatic rings. The molecule has 0 saturated heterocycles. The molecule has 1 heterocycles. The van der Waals surface area contributed by atoms with E-state index in [4.69, 9.17) is 11.6 Å². The zero-order valence-electron chi connectivity index (χ0n) is 13.5. The fourth-order valence-corrected chi connectivity index (χ4v) is 5.69. The maximum Gasteiger partial charge on any atom is 0.134 e. The van der Waals surface area contributed by atoms with Crippen molar-refractivity contribution in [3.8, 4) is 16.9 Å². The van der Waals surface area contributed by atoms with Gasteiger partial charge in [0.2, 0.25) is 0 Å². The third kappa shape index (κ3) is 2.28. The third-order valence-electron chi connectivity index (χ3n) is 4.71. The first-order valence-electron chi connectivity index (χ1n) is 8.15. The molecule has 0 fully saturated rings. The number of fused-ring (bicyclic) bond motifs is 4. The number of rotatable bonds is 1. The predicted molar refractivity (Wildman–Crippen MR) is 117 cm³/mol. The van der Waals surface area contributed by atoms with Crippen LogP contribution >= 0.6 is 38.9 Å². The van der Waals surface area contributed by atoms with Gasteiger partial charge in [-0.3, -0.25) is 0 Å². The summed E-state index contributed by atoms with van der Waals surface area (Å²) in [6.45, 7) is 0. The number of hydrogen-bond donors (Lipinski definition) is 1. The van der Waals surface area contributed by atoms with Crippen LogP contribution in [0, 0.1) is 0 Å². The highest BCUT2D eigenvalue weighted by molar-refractivity contribution is 9.11. The lowest BCUT2D eigenvalue weighted by atomic mass is 9.93. The molecule has 126 valence electrons. The summed E-state index contributed by atoms with van der Waals surface area (Å²) in [6, 6.07) is 22.3. The summed E-state index contributed by atoms with van der Waals surface area (Å²) >= 11 is 11.9. The van der Waals surface area contributed by atoms with Crippen LogP contribution in [0.2, 0.25) is 5.02 Å². The minimum absolute atomic E-state index is 0.100. The first-order valence-corrected chi connectivity index (χ1v) is 10.1. The van der Waals surface area contributed by atoms with Gasteiger partial charge >= 0.3 is 0 Å². The Labute approximate surface area is 167 Å². The normalized spacial score (nSPS) is 11.6. The van der Waals surface area contributed by atoms with Crippen LogP contribution in [0.3, 0.4) is 0 Å². The Bertz CT molecular complexity index is 1320. The molecule has 5 aromatic rings. The Balaban J connectivity index is 2.07. The van der Waals surface area contributed by atoms with Crippen LogP contribution in [0.5, 0.6) is 5.75 Å². The van der Waals surface area contributed by atoms with E-state index in [0.717, 1.165) is 21.0 Å². The Morgan fingerprint density at radius 1 is 0.846 bits per heavy atom. The van der Waals surface area contributed by atoms with Gasteiger partial charge in [-0.05, 0) is 56.0 Å². The summed E-state index contributed by atoms with van der Waals surface area (Å²) in [7, 11) is 0. The molecule has 1 nitrogen and oxygen atoms in total. The van der Waals surface area contributed by atoms with Gasteiger partial charge < -0.3 is 5.11 Å². The van der Waals surface area contributed by atoms with E-state index >= 15 is 0 Å². The molecule has 5 rings (SSSR count). The van der Waals surface area contributed by atoms with E-state index in [-0.39, 0.29) is 5.75 Å². The smallest absolute Gasteiger partial charge is 0.134 e. The van der Waals surface area contributed by atoms with Crippen LogP contribution in [-0.4, -0.2) is 5.11 Å². The molecule has 0 radical (unpaired) electrons. The number of aromatic hydroxyl groups is 1. The summed E-state index contributed by atoms with van der Waals surface area (Å²) < 4.78 is 3.60. The molecule has 0 spiro atoms. The van der Waals surface area contributed by atoms with Gasteiger partial charge in [-0.15, -0.1) is 11.3 Å². The van der Waals surface area contributed by atoms with Gasteiger partial charge in [-0.2, -0.15) is 0 Å². The average Bonchev–Trinajstić information content (AvgIpc) is 3.05. The molecule has 1 aromatic heterocycles. The van der Waals surface area contributed by atoms with Crippen molar-refractivity contribution in [1.82, 2.24) is 0 Å². The van der Waals surface area contributed by atoms with Crippen LogP contribution in [0.15, 0.2) is 71.2 Å². The highest BCUT2D eigenvalue weighted by Crippen LogP contribution is 2.48. The minimum atomic E-state index is 0.100. The Morgan fingerprint density at radius 2 is 1.54 bits per heavy atom. The molecule has 0 saturated carbocycles. The van der Waals surface area contributed by atoms with E-state index in [1.165, 1.54) is 25.6 Å². The molecule has 4 heteroatoms. The fraction of sp³-hybridized carbons (Fsp3) is 0. The fourth-order valence-electron chi connectivity index (χ4n) is 3.56. The highest BCUT2D eigenvalue weighted by Gasteiger charge is 2.18. The number of halogens is 2. The quantitative estimate of drug-likeness (QED) is 0.280. The summed E-state index contributed by atoms with van der Waals surface area (Å²) in [5.41, 5.74) is 2.16. The van der Waals surface area contributed by atoms with Gasteiger partial charge in [0.15, 0.2) is 0 Å². The Kier molecular flexibility index (Phi) is 3.71. The van der Waals surface area contributed by atoms with Crippen molar-refractivity contribution < 1.29 is 5.11 Å². The number of phenolic OH excluding ortho intramolecular Hbond substituents is 1. The monoisotopic (exact) mass is 438 g/mol. The van der Waals surface area contributed by atoms with E-state index in [0.29, 0.717) is 5.02 Å². The molecule has 26 heavy (non-hydrogen) atoms. The molecule has 4 aromatic carbocycles. The summed E-state index contributed by atoms with van der Waals surface area (Å²) in [5.74, 6) is 0.100. The van der Waals surface area contributed by atoms with Crippen molar-refractivity contribution in [2.45, 2.75) is 0 Å². The number of thiophene rings is 1. The number of benzene rings is 4. The third-order valence-corrected chi connectivity index (χ3v) is 7.29. The Hall–Kier alpha value is -2.07. The van der Waals surface area contributed by atoms with Gasteiger partial charge in [-0.25, -0.2) is 0 Å².